The molecule has 3 rings (SSSR count). The van der Waals surface area contributed by atoms with Crippen molar-refractivity contribution in [2.75, 3.05) is 24.9 Å². The van der Waals surface area contributed by atoms with Crippen LogP contribution in [0.4, 0.5) is 11.5 Å². The number of hydrogen-bond acceptors (Lipinski definition) is 4. The molecule has 0 aliphatic rings. The topological polar surface area (TPSA) is 60.3 Å². The summed E-state index contributed by atoms with van der Waals surface area (Å²) in [6, 6.07) is 15.1. The Kier molecular flexibility index (Phi) is 6.38. The molecular formula is C20H21ClN4O2S. The van der Waals surface area contributed by atoms with Crippen LogP contribution in [0.15, 0.2) is 48.5 Å². The Morgan fingerprint density at radius 1 is 1.11 bits per heavy atom. The molecule has 28 heavy (non-hydrogen) atoms. The quantitative estimate of drug-likeness (QED) is 0.567. The van der Waals surface area contributed by atoms with Gasteiger partial charge in [-0.15, -0.1) is 0 Å². The van der Waals surface area contributed by atoms with Crippen molar-refractivity contribution in [3.63, 3.8) is 0 Å². The Bertz CT molecular complexity index is 990. The molecule has 1 aromatic heterocycles. The maximum atomic E-state index is 6.25. The van der Waals surface area contributed by atoms with E-state index in [2.05, 4.69) is 15.7 Å². The van der Waals surface area contributed by atoms with E-state index in [1.165, 1.54) is 0 Å². The van der Waals surface area contributed by atoms with Crippen molar-refractivity contribution in [3.8, 4) is 11.5 Å². The lowest BCUT2D eigenvalue weighted by Crippen LogP contribution is -2.20. The highest BCUT2D eigenvalue weighted by atomic mass is 35.5. The minimum absolute atomic E-state index is 0.408. The number of benzene rings is 2. The van der Waals surface area contributed by atoms with Crippen molar-refractivity contribution in [1.29, 1.82) is 0 Å². The van der Waals surface area contributed by atoms with Gasteiger partial charge in [0.05, 0.1) is 26.5 Å². The summed E-state index contributed by atoms with van der Waals surface area (Å²) in [5.74, 6) is 1.98. The van der Waals surface area contributed by atoms with Gasteiger partial charge in [0.25, 0.3) is 0 Å². The number of nitrogens with zero attached hydrogens (tertiary/aromatic N) is 2. The van der Waals surface area contributed by atoms with Crippen molar-refractivity contribution < 1.29 is 9.47 Å². The summed E-state index contributed by atoms with van der Waals surface area (Å²) in [5, 5.41) is 11.9. The molecule has 0 aliphatic heterocycles. The number of aryl methyl sites for hydroxylation is 1. The Morgan fingerprint density at radius 3 is 2.61 bits per heavy atom. The molecule has 0 saturated heterocycles. The summed E-state index contributed by atoms with van der Waals surface area (Å²) >= 11 is 11.7. The van der Waals surface area contributed by atoms with E-state index in [1.807, 2.05) is 54.1 Å². The largest absolute Gasteiger partial charge is 0.497 e. The molecule has 0 unspecified atom stereocenters. The van der Waals surface area contributed by atoms with Gasteiger partial charge in [0.15, 0.2) is 10.9 Å². The number of hydrogen-bond donors (Lipinski definition) is 2. The van der Waals surface area contributed by atoms with Crippen LogP contribution in [0.3, 0.4) is 0 Å². The average molecular weight is 417 g/mol. The van der Waals surface area contributed by atoms with E-state index in [9.17, 15) is 0 Å². The number of halogens is 1. The molecule has 0 amide bonds. The third-order valence-corrected chi connectivity index (χ3v) is 4.73. The van der Waals surface area contributed by atoms with E-state index in [4.69, 9.17) is 33.3 Å². The van der Waals surface area contributed by atoms with Crippen LogP contribution in [0.2, 0.25) is 5.02 Å². The first-order chi connectivity index (χ1) is 13.5. The van der Waals surface area contributed by atoms with Crippen LogP contribution in [0.1, 0.15) is 11.3 Å². The molecule has 0 aliphatic carbocycles. The first kappa shape index (κ1) is 20.0. The normalized spacial score (nSPS) is 10.4. The lowest BCUT2D eigenvalue weighted by atomic mass is 10.2. The zero-order valence-electron chi connectivity index (χ0n) is 15.8. The van der Waals surface area contributed by atoms with Crippen LogP contribution in [0.25, 0.3) is 0 Å². The van der Waals surface area contributed by atoms with Crippen molar-refractivity contribution in [3.05, 3.63) is 64.8 Å². The molecule has 0 radical (unpaired) electrons. The van der Waals surface area contributed by atoms with Crippen LogP contribution < -0.4 is 20.1 Å². The first-order valence-electron chi connectivity index (χ1n) is 8.58. The highest BCUT2D eigenvalue weighted by molar-refractivity contribution is 7.80. The van der Waals surface area contributed by atoms with Gasteiger partial charge in [0.2, 0.25) is 0 Å². The zero-order valence-corrected chi connectivity index (χ0v) is 17.4. The molecule has 1 heterocycles. The molecule has 3 aromatic rings. The number of thiocarbonyl (C=S) groups is 1. The number of rotatable bonds is 6. The van der Waals surface area contributed by atoms with Crippen LogP contribution in [0, 0.1) is 6.92 Å². The van der Waals surface area contributed by atoms with Gasteiger partial charge in [0.1, 0.15) is 11.5 Å². The summed E-state index contributed by atoms with van der Waals surface area (Å²) in [7, 11) is 3.20. The summed E-state index contributed by atoms with van der Waals surface area (Å²) in [6.45, 7) is 2.57. The second-order valence-corrected chi connectivity index (χ2v) is 6.88. The van der Waals surface area contributed by atoms with Crippen molar-refractivity contribution in [2.45, 2.75) is 13.5 Å². The summed E-state index contributed by atoms with van der Waals surface area (Å²) in [5.41, 5.74) is 2.73. The zero-order chi connectivity index (χ0) is 20.1. The predicted molar refractivity (Wildman–Crippen MR) is 117 cm³/mol. The Labute approximate surface area is 174 Å². The van der Waals surface area contributed by atoms with Gasteiger partial charge in [-0.05, 0) is 42.9 Å². The standard InChI is InChI=1S/C20H21ClN4O2S/c1-13-10-19(24-25(13)12-14-6-4-5-7-16(14)21)23-20(28)22-17-9-8-15(26-2)11-18(17)27-3/h4-11H,12H2,1-3H3,(H2,22,23,24,28). The second kappa shape index (κ2) is 8.95. The Balaban J connectivity index is 1.69. The summed E-state index contributed by atoms with van der Waals surface area (Å²) < 4.78 is 12.5. The highest BCUT2D eigenvalue weighted by Crippen LogP contribution is 2.29. The van der Waals surface area contributed by atoms with Gasteiger partial charge in [-0.25, -0.2) is 0 Å². The highest BCUT2D eigenvalue weighted by Gasteiger charge is 2.10. The molecule has 0 saturated carbocycles. The maximum Gasteiger partial charge on any atom is 0.176 e. The molecule has 0 fully saturated rings. The van der Waals surface area contributed by atoms with E-state index >= 15 is 0 Å². The molecule has 2 N–H and O–H groups in total. The SMILES string of the molecule is COc1ccc(NC(=S)Nc2cc(C)n(Cc3ccccc3Cl)n2)c(OC)c1. The van der Waals surface area contributed by atoms with Crippen LogP contribution in [-0.4, -0.2) is 29.1 Å². The molecule has 2 aromatic carbocycles. The fourth-order valence-corrected chi connectivity index (χ4v) is 3.10. The number of anilines is 2. The summed E-state index contributed by atoms with van der Waals surface area (Å²) in [6.07, 6.45) is 0. The Hall–Kier alpha value is -2.77. The van der Waals surface area contributed by atoms with Gasteiger partial charge in [-0.3, -0.25) is 4.68 Å². The minimum atomic E-state index is 0.408. The van der Waals surface area contributed by atoms with Gasteiger partial charge in [0, 0.05) is 22.8 Å². The van der Waals surface area contributed by atoms with E-state index in [1.54, 1.807) is 20.3 Å². The van der Waals surface area contributed by atoms with Gasteiger partial charge in [-0.2, -0.15) is 5.10 Å². The first-order valence-corrected chi connectivity index (χ1v) is 9.36. The van der Waals surface area contributed by atoms with Gasteiger partial charge < -0.3 is 20.1 Å². The van der Waals surface area contributed by atoms with Crippen molar-refractivity contribution in [1.82, 2.24) is 9.78 Å². The summed E-state index contributed by atoms with van der Waals surface area (Å²) in [4.78, 5) is 0. The number of methoxy groups -OCH3 is 2. The molecule has 8 heteroatoms. The number of ether oxygens (including phenoxy) is 2. The lowest BCUT2D eigenvalue weighted by Gasteiger charge is -2.13. The van der Waals surface area contributed by atoms with Crippen LogP contribution in [-0.2, 0) is 6.54 Å². The molecule has 146 valence electrons. The van der Waals surface area contributed by atoms with Crippen LogP contribution >= 0.6 is 23.8 Å². The molecular weight excluding hydrogens is 396 g/mol. The maximum absolute atomic E-state index is 6.25. The van der Waals surface area contributed by atoms with E-state index in [-0.39, 0.29) is 0 Å². The van der Waals surface area contributed by atoms with Gasteiger partial charge in [-0.1, -0.05) is 29.8 Å². The molecule has 0 atom stereocenters. The van der Waals surface area contributed by atoms with Crippen LogP contribution in [0.5, 0.6) is 11.5 Å². The average Bonchev–Trinajstić information content (AvgIpc) is 3.02. The van der Waals surface area contributed by atoms with E-state index in [0.29, 0.717) is 29.0 Å². The smallest absolute Gasteiger partial charge is 0.176 e. The Morgan fingerprint density at radius 2 is 1.89 bits per heavy atom. The van der Waals surface area contributed by atoms with E-state index in [0.717, 1.165) is 22.0 Å². The number of nitrogens with one attached hydrogen (secondary N) is 2. The monoisotopic (exact) mass is 416 g/mol. The fourth-order valence-electron chi connectivity index (χ4n) is 2.69. The van der Waals surface area contributed by atoms with Gasteiger partial charge >= 0.3 is 0 Å². The second-order valence-electron chi connectivity index (χ2n) is 6.07. The number of aromatic nitrogens is 2. The molecule has 0 spiro atoms. The minimum Gasteiger partial charge on any atom is -0.497 e. The fraction of sp³-hybridized carbons (Fsp3) is 0.200. The third kappa shape index (κ3) is 4.74. The predicted octanol–water partition coefficient (Wildman–Crippen LogP) is 4.72. The molecule has 0 bridgehead atoms. The molecule has 6 nitrogen and oxygen atoms in total. The lowest BCUT2D eigenvalue weighted by molar-refractivity contribution is 0.395. The van der Waals surface area contributed by atoms with Crippen molar-refractivity contribution in [2.24, 2.45) is 0 Å². The van der Waals surface area contributed by atoms with E-state index < -0.39 is 0 Å². The third-order valence-electron chi connectivity index (χ3n) is 4.16. The van der Waals surface area contributed by atoms with Crippen molar-refractivity contribution >= 4 is 40.4 Å².